The highest BCUT2D eigenvalue weighted by Gasteiger charge is 2.30. The minimum absolute atomic E-state index is 0.112. The predicted octanol–water partition coefficient (Wildman–Crippen LogP) is 7.55. The topological polar surface area (TPSA) is 107 Å². The maximum absolute atomic E-state index is 12.3. The van der Waals surface area contributed by atoms with Crippen LogP contribution in [0.25, 0.3) is 17.1 Å². The van der Waals surface area contributed by atoms with Gasteiger partial charge in [0.15, 0.2) is 5.82 Å². The number of benzene rings is 2. The van der Waals surface area contributed by atoms with Crippen molar-refractivity contribution in [3.8, 4) is 22.8 Å². The molecule has 6 rings (SSSR count). The molecule has 9 nitrogen and oxygen atoms in total. The molecule has 1 saturated heterocycles. The van der Waals surface area contributed by atoms with Gasteiger partial charge in [0.25, 0.3) is 0 Å². The summed E-state index contributed by atoms with van der Waals surface area (Å²) in [5, 5.41) is 14.0. The van der Waals surface area contributed by atoms with E-state index in [-0.39, 0.29) is 17.8 Å². The van der Waals surface area contributed by atoms with Crippen LogP contribution in [0.2, 0.25) is 0 Å². The summed E-state index contributed by atoms with van der Waals surface area (Å²) >= 11 is 0. The number of ether oxygens (including phenoxy) is 2. The second-order valence-electron chi connectivity index (χ2n) is 12.1. The lowest BCUT2D eigenvalue weighted by Gasteiger charge is -2.32. The Labute approximate surface area is 270 Å². The summed E-state index contributed by atoms with van der Waals surface area (Å²) in [5.74, 6) is 0.864. The number of aryl methyl sites for hydroxylation is 2. The summed E-state index contributed by atoms with van der Waals surface area (Å²) in [6, 6.07) is 18.6. The van der Waals surface area contributed by atoms with Crippen LogP contribution in [-0.4, -0.2) is 56.5 Å². The number of fused-ring (bicyclic) bond motifs is 1. The van der Waals surface area contributed by atoms with Crippen LogP contribution in [0.15, 0.2) is 60.8 Å². The van der Waals surface area contributed by atoms with Crippen LogP contribution in [-0.2, 0) is 24.0 Å². The van der Waals surface area contributed by atoms with Crippen molar-refractivity contribution in [3.63, 3.8) is 0 Å². The first kappa shape index (κ1) is 31.3. The molecule has 1 aliphatic carbocycles. The van der Waals surface area contributed by atoms with Crippen molar-refractivity contribution < 1.29 is 24.2 Å². The van der Waals surface area contributed by atoms with Gasteiger partial charge in [-0.2, -0.15) is 5.10 Å². The third-order valence-electron chi connectivity index (χ3n) is 9.25. The number of aromatic nitrogens is 3. The Morgan fingerprint density at radius 2 is 1.78 bits per heavy atom. The van der Waals surface area contributed by atoms with Crippen LogP contribution in [0.4, 0.5) is 4.79 Å². The zero-order valence-corrected chi connectivity index (χ0v) is 26.9. The molecule has 46 heavy (non-hydrogen) atoms. The van der Waals surface area contributed by atoms with Crippen molar-refractivity contribution >= 4 is 12.1 Å². The number of aromatic carboxylic acids is 1. The second kappa shape index (κ2) is 13.8. The van der Waals surface area contributed by atoms with E-state index in [1.807, 2.05) is 36.9 Å². The van der Waals surface area contributed by atoms with Crippen molar-refractivity contribution in [2.45, 2.75) is 77.7 Å². The van der Waals surface area contributed by atoms with Crippen molar-refractivity contribution in [1.29, 1.82) is 0 Å². The van der Waals surface area contributed by atoms with Crippen LogP contribution in [0.5, 0.6) is 5.75 Å². The lowest BCUT2D eigenvalue weighted by molar-refractivity contribution is 0.0695. The number of pyridine rings is 1. The number of carboxylic acids is 1. The average Bonchev–Trinajstić information content (AvgIpc) is 3.72. The highest BCUT2D eigenvalue weighted by atomic mass is 16.6. The Balaban J connectivity index is 1.22. The van der Waals surface area contributed by atoms with E-state index < -0.39 is 5.97 Å². The smallest absolute Gasteiger partial charge is 0.409 e. The van der Waals surface area contributed by atoms with Gasteiger partial charge in [0, 0.05) is 24.2 Å². The highest BCUT2D eigenvalue weighted by Crippen LogP contribution is 2.42. The first-order valence-electron chi connectivity index (χ1n) is 16.5. The second-order valence-corrected chi connectivity index (χ2v) is 12.1. The minimum atomic E-state index is -0.992. The summed E-state index contributed by atoms with van der Waals surface area (Å²) in [6.45, 7) is 8.01. The van der Waals surface area contributed by atoms with Crippen LogP contribution in [0, 0.1) is 0 Å². The van der Waals surface area contributed by atoms with Gasteiger partial charge in [-0.25, -0.2) is 19.3 Å². The van der Waals surface area contributed by atoms with Crippen molar-refractivity contribution in [3.05, 3.63) is 94.3 Å². The number of hydrogen-bond donors (Lipinski definition) is 1. The molecule has 1 N–H and O–H groups in total. The Morgan fingerprint density at radius 1 is 0.978 bits per heavy atom. The van der Waals surface area contributed by atoms with Gasteiger partial charge in [0.1, 0.15) is 17.4 Å². The molecule has 2 aromatic carbocycles. The number of amides is 1. The summed E-state index contributed by atoms with van der Waals surface area (Å²) < 4.78 is 13.7. The number of hydrogen-bond acceptors (Lipinski definition) is 6. The molecular weight excluding hydrogens is 580 g/mol. The van der Waals surface area contributed by atoms with Gasteiger partial charge >= 0.3 is 12.1 Å². The van der Waals surface area contributed by atoms with Crippen LogP contribution < -0.4 is 4.74 Å². The molecule has 2 aromatic heterocycles. The molecule has 240 valence electrons. The van der Waals surface area contributed by atoms with Crippen LogP contribution in [0.1, 0.15) is 96.8 Å². The van der Waals surface area contributed by atoms with Crippen molar-refractivity contribution in [2.75, 3.05) is 19.7 Å². The number of carbonyl (C=O) groups excluding carboxylic acids is 1. The Bertz CT molecular complexity index is 1720. The fraction of sp³-hybridized carbons (Fsp3) is 0.405. The fourth-order valence-corrected chi connectivity index (χ4v) is 6.94. The molecule has 1 amide bonds. The molecule has 3 heterocycles. The van der Waals surface area contributed by atoms with Gasteiger partial charge in [-0.3, -0.25) is 0 Å². The van der Waals surface area contributed by atoms with Crippen molar-refractivity contribution in [1.82, 2.24) is 19.7 Å². The Morgan fingerprint density at radius 3 is 2.52 bits per heavy atom. The van der Waals surface area contributed by atoms with E-state index in [1.165, 1.54) is 22.9 Å². The molecule has 0 radical (unpaired) electrons. The zero-order valence-electron chi connectivity index (χ0n) is 26.9. The van der Waals surface area contributed by atoms with E-state index in [0.717, 1.165) is 61.1 Å². The van der Waals surface area contributed by atoms with E-state index in [9.17, 15) is 14.7 Å². The molecule has 0 saturated carbocycles. The minimum Gasteiger partial charge on any atom is -0.486 e. The fourth-order valence-electron chi connectivity index (χ4n) is 6.94. The number of carbonyl (C=O) groups is 2. The van der Waals surface area contributed by atoms with Crippen molar-refractivity contribution in [2.24, 2.45) is 0 Å². The average molecular weight is 623 g/mol. The highest BCUT2D eigenvalue weighted by molar-refractivity contribution is 5.88. The first-order chi connectivity index (χ1) is 22.4. The van der Waals surface area contributed by atoms with Gasteiger partial charge < -0.3 is 19.5 Å². The van der Waals surface area contributed by atoms with Gasteiger partial charge in [-0.15, -0.1) is 0 Å². The number of likely N-dealkylation sites (tertiary alicyclic amines) is 1. The van der Waals surface area contributed by atoms with E-state index in [1.54, 1.807) is 4.68 Å². The molecule has 0 spiro atoms. The monoisotopic (exact) mass is 622 g/mol. The summed E-state index contributed by atoms with van der Waals surface area (Å²) in [6.07, 6.45) is 7.00. The standard InChI is InChI=1S/C37H42N4O5/c1-4-21-45-37(44)40-19-17-25(18-20-40)28-15-14-27(22-24(28)5-2)46-33-16-13-26-9-7-10-29(35(26)33)31-11-8-12-34(39-31)41-32(6-3)30(23-38-41)36(42)43/h7-12,14-15,22-23,25,33H,4-6,13,16-21H2,1-3H3,(H,42,43)/t33-/m0/s1. The quantitative estimate of drug-likeness (QED) is 0.195. The summed E-state index contributed by atoms with van der Waals surface area (Å²) in [5.41, 5.74) is 7.67. The van der Waals surface area contributed by atoms with Crippen LogP contribution >= 0.6 is 0 Å². The molecule has 0 unspecified atom stereocenters. The largest absolute Gasteiger partial charge is 0.486 e. The first-order valence-corrected chi connectivity index (χ1v) is 16.5. The van der Waals surface area contributed by atoms with Crippen LogP contribution in [0.3, 0.4) is 0 Å². The Hall–Kier alpha value is -4.66. The molecule has 0 bridgehead atoms. The van der Waals surface area contributed by atoms with Gasteiger partial charge in [-0.1, -0.05) is 51.1 Å². The normalized spacial score (nSPS) is 16.3. The molecule has 2 aliphatic rings. The number of carboxylic acid groups (broad SMARTS) is 1. The molecule has 1 atom stereocenters. The lowest BCUT2D eigenvalue weighted by atomic mass is 9.86. The molecule has 9 heteroatoms. The Kier molecular flexibility index (Phi) is 9.38. The summed E-state index contributed by atoms with van der Waals surface area (Å²) in [4.78, 5) is 30.8. The van der Waals surface area contributed by atoms with E-state index in [0.29, 0.717) is 43.5 Å². The van der Waals surface area contributed by atoms with Gasteiger partial charge in [0.05, 0.1) is 24.2 Å². The zero-order chi connectivity index (χ0) is 32.2. The van der Waals surface area contributed by atoms with E-state index in [4.69, 9.17) is 14.5 Å². The SMILES string of the molecule is CCCOC(=O)N1CCC(c2ccc(O[C@H]3CCc4cccc(-c5cccc(-n6ncc(C(=O)O)c6CC)n5)c43)cc2CC)CC1. The molecular formula is C37H42N4O5. The van der Waals surface area contributed by atoms with E-state index in [2.05, 4.69) is 48.4 Å². The lowest BCUT2D eigenvalue weighted by Crippen LogP contribution is -2.38. The maximum atomic E-state index is 12.3. The third-order valence-corrected chi connectivity index (χ3v) is 9.25. The molecule has 1 fully saturated rings. The number of piperidine rings is 1. The predicted molar refractivity (Wildman–Crippen MR) is 176 cm³/mol. The molecule has 4 aromatic rings. The van der Waals surface area contributed by atoms with Gasteiger partial charge in [-0.05, 0) is 91.8 Å². The number of rotatable bonds is 10. The maximum Gasteiger partial charge on any atom is 0.409 e. The summed E-state index contributed by atoms with van der Waals surface area (Å²) in [7, 11) is 0. The number of nitrogens with zero attached hydrogens (tertiary/aromatic N) is 4. The molecule has 1 aliphatic heterocycles. The van der Waals surface area contributed by atoms with Gasteiger partial charge in [0.2, 0.25) is 0 Å². The van der Waals surface area contributed by atoms with E-state index >= 15 is 0 Å². The third kappa shape index (κ3) is 6.23.